The third-order valence-electron chi connectivity index (χ3n) is 3.36. The molecule has 5 nitrogen and oxygen atoms in total. The Morgan fingerprint density at radius 3 is 1.79 bits per heavy atom. The highest BCUT2D eigenvalue weighted by molar-refractivity contribution is 6.47. The minimum absolute atomic E-state index is 0.0361. The number of hydrogen-bond acceptors (Lipinski definition) is 4. The normalized spacial score (nSPS) is 21.8. The molecule has 6 heteroatoms. The first-order valence-corrected chi connectivity index (χ1v) is 6.70. The summed E-state index contributed by atoms with van der Waals surface area (Å²) in [6.45, 7) is 13.6. The number of aliphatic carboxylic acids is 1. The molecule has 0 bridgehead atoms. The van der Waals surface area contributed by atoms with Gasteiger partial charge in [0.05, 0.1) is 11.2 Å². The lowest BCUT2D eigenvalue weighted by Crippen LogP contribution is -2.42. The second kappa shape index (κ2) is 6.73. The van der Waals surface area contributed by atoms with Crippen LogP contribution in [0.3, 0.4) is 0 Å². The van der Waals surface area contributed by atoms with Gasteiger partial charge >= 0.3 is 7.12 Å². The van der Waals surface area contributed by atoms with Gasteiger partial charge in [-0.25, -0.2) is 0 Å². The van der Waals surface area contributed by atoms with Crippen LogP contribution in [0.2, 0.25) is 0 Å². The van der Waals surface area contributed by atoms with Crippen LogP contribution in [-0.4, -0.2) is 35.3 Å². The molecule has 19 heavy (non-hydrogen) atoms. The Morgan fingerprint density at radius 1 is 1.21 bits per heavy atom. The van der Waals surface area contributed by atoms with Crippen LogP contribution in [0.5, 0.6) is 0 Å². The van der Waals surface area contributed by atoms with E-state index in [4.69, 9.17) is 24.9 Å². The van der Waals surface area contributed by atoms with Crippen LogP contribution in [0.1, 0.15) is 54.9 Å². The van der Waals surface area contributed by atoms with Crippen LogP contribution in [-0.2, 0) is 14.1 Å². The SMILES string of the molecule is CC(=O)O.CC(C)C[C@@H](N)B1OC(C)(C)C(C)(C)O1. The lowest BCUT2D eigenvalue weighted by Gasteiger charge is -2.32. The van der Waals surface area contributed by atoms with Gasteiger partial charge in [0.1, 0.15) is 0 Å². The summed E-state index contributed by atoms with van der Waals surface area (Å²) in [5, 5.41) is 7.42. The van der Waals surface area contributed by atoms with Gasteiger partial charge in [0, 0.05) is 12.9 Å². The summed E-state index contributed by atoms with van der Waals surface area (Å²) in [4.78, 5) is 9.00. The van der Waals surface area contributed by atoms with Crippen molar-refractivity contribution in [2.45, 2.75) is 72.0 Å². The molecule has 0 aromatic heterocycles. The van der Waals surface area contributed by atoms with Crippen molar-refractivity contribution < 1.29 is 19.2 Å². The highest BCUT2D eigenvalue weighted by Gasteiger charge is 2.52. The topological polar surface area (TPSA) is 81.8 Å². The predicted molar refractivity (Wildman–Crippen MR) is 76.8 cm³/mol. The minimum atomic E-state index is -0.833. The molecule has 1 rings (SSSR count). The molecule has 0 spiro atoms. The largest absolute Gasteiger partial charge is 0.481 e. The molecule has 0 aromatic rings. The number of nitrogens with two attached hydrogens (primary N) is 1. The van der Waals surface area contributed by atoms with E-state index in [-0.39, 0.29) is 24.3 Å². The highest BCUT2D eigenvalue weighted by Crippen LogP contribution is 2.37. The third-order valence-corrected chi connectivity index (χ3v) is 3.36. The summed E-state index contributed by atoms with van der Waals surface area (Å²) in [7, 11) is -0.266. The number of rotatable bonds is 3. The molecule has 0 aromatic carbocycles. The van der Waals surface area contributed by atoms with E-state index < -0.39 is 5.97 Å². The first kappa shape index (κ1) is 18.4. The molecule has 1 atom stereocenters. The number of carboxylic acid groups (broad SMARTS) is 1. The zero-order valence-corrected chi connectivity index (χ0v) is 13.2. The maximum absolute atomic E-state index is 9.00. The smallest absolute Gasteiger partial charge is 0.475 e. The molecule has 0 saturated carbocycles. The standard InChI is InChI=1S/C11H24BNO2.C2H4O2/c1-8(2)7-9(13)12-14-10(3,4)11(5,6)15-12;1-2(3)4/h8-9H,7,13H2,1-6H3;1H3,(H,3,4)/t9-;/m1./s1. The first-order chi connectivity index (χ1) is 8.39. The highest BCUT2D eigenvalue weighted by atomic mass is 16.7. The van der Waals surface area contributed by atoms with Gasteiger partial charge in [-0.15, -0.1) is 0 Å². The molecular formula is C13H28BNO4. The molecular weight excluding hydrogens is 245 g/mol. The van der Waals surface area contributed by atoms with Crippen LogP contribution in [0.25, 0.3) is 0 Å². The molecule has 1 heterocycles. The average Bonchev–Trinajstić information content (AvgIpc) is 2.33. The van der Waals surface area contributed by atoms with E-state index >= 15 is 0 Å². The minimum Gasteiger partial charge on any atom is -0.481 e. The van der Waals surface area contributed by atoms with E-state index in [1.54, 1.807) is 0 Å². The Morgan fingerprint density at radius 2 is 1.53 bits per heavy atom. The fraction of sp³-hybridized carbons (Fsp3) is 0.923. The summed E-state index contributed by atoms with van der Waals surface area (Å²) >= 11 is 0. The van der Waals surface area contributed by atoms with Gasteiger partial charge in [0.15, 0.2) is 0 Å². The molecule has 0 unspecified atom stereocenters. The molecule has 0 radical (unpaired) electrons. The summed E-state index contributed by atoms with van der Waals surface area (Å²) in [5.74, 6) is -0.301. The van der Waals surface area contributed by atoms with E-state index in [1.807, 2.05) is 0 Å². The average molecular weight is 273 g/mol. The molecule has 1 saturated heterocycles. The van der Waals surface area contributed by atoms with Crippen molar-refractivity contribution in [2.75, 3.05) is 0 Å². The lowest BCUT2D eigenvalue weighted by atomic mass is 9.75. The van der Waals surface area contributed by atoms with Gasteiger partial charge < -0.3 is 20.1 Å². The maximum Gasteiger partial charge on any atom is 0.475 e. The molecule has 112 valence electrons. The number of carboxylic acids is 1. The van der Waals surface area contributed by atoms with Crippen LogP contribution in [0, 0.1) is 5.92 Å². The van der Waals surface area contributed by atoms with Crippen molar-refractivity contribution in [3.63, 3.8) is 0 Å². The van der Waals surface area contributed by atoms with Crippen molar-refractivity contribution in [1.29, 1.82) is 0 Å². The Balaban J connectivity index is 0.000000711. The van der Waals surface area contributed by atoms with Crippen molar-refractivity contribution in [3.8, 4) is 0 Å². The summed E-state index contributed by atoms with van der Waals surface area (Å²) in [6.07, 6.45) is 0.927. The van der Waals surface area contributed by atoms with Crippen molar-refractivity contribution in [2.24, 2.45) is 11.7 Å². The van der Waals surface area contributed by atoms with E-state index in [1.165, 1.54) is 0 Å². The Kier molecular flexibility index (Phi) is 6.52. The summed E-state index contributed by atoms with van der Waals surface area (Å²) in [6, 6.07) is 0. The van der Waals surface area contributed by atoms with E-state index in [2.05, 4.69) is 41.5 Å². The van der Waals surface area contributed by atoms with E-state index in [0.29, 0.717) is 5.92 Å². The quantitative estimate of drug-likeness (QED) is 0.769. The predicted octanol–water partition coefficient (Wildman–Crippen LogP) is 2.08. The van der Waals surface area contributed by atoms with E-state index in [0.717, 1.165) is 13.3 Å². The van der Waals surface area contributed by atoms with Gasteiger partial charge in [-0.2, -0.15) is 0 Å². The molecule has 1 fully saturated rings. The Labute approximate surface area is 117 Å². The lowest BCUT2D eigenvalue weighted by molar-refractivity contribution is -0.134. The maximum atomic E-state index is 9.00. The number of hydrogen-bond donors (Lipinski definition) is 2. The fourth-order valence-electron chi connectivity index (χ4n) is 1.72. The van der Waals surface area contributed by atoms with Crippen molar-refractivity contribution in [3.05, 3.63) is 0 Å². The van der Waals surface area contributed by atoms with Crippen LogP contribution >= 0.6 is 0 Å². The van der Waals surface area contributed by atoms with Crippen molar-refractivity contribution >= 4 is 13.1 Å². The number of carbonyl (C=O) groups is 1. The molecule has 3 N–H and O–H groups in total. The first-order valence-electron chi connectivity index (χ1n) is 6.70. The monoisotopic (exact) mass is 273 g/mol. The summed E-state index contributed by atoms with van der Waals surface area (Å²) < 4.78 is 11.8. The summed E-state index contributed by atoms with van der Waals surface area (Å²) in [5.41, 5.74) is 5.53. The zero-order chi connectivity index (χ0) is 15.4. The van der Waals surface area contributed by atoms with Crippen LogP contribution in [0.4, 0.5) is 0 Å². The van der Waals surface area contributed by atoms with Crippen LogP contribution < -0.4 is 5.73 Å². The van der Waals surface area contributed by atoms with Crippen molar-refractivity contribution in [1.82, 2.24) is 0 Å². The second-order valence-electron chi connectivity index (χ2n) is 6.44. The van der Waals surface area contributed by atoms with E-state index in [9.17, 15) is 0 Å². The molecule has 1 aliphatic rings. The molecule has 1 aliphatic heterocycles. The Hall–Kier alpha value is -0.585. The van der Waals surface area contributed by atoms with Gasteiger partial charge in [-0.3, -0.25) is 4.79 Å². The molecule has 0 aliphatic carbocycles. The fourth-order valence-corrected chi connectivity index (χ4v) is 1.72. The van der Waals surface area contributed by atoms with Gasteiger partial charge in [0.2, 0.25) is 0 Å². The van der Waals surface area contributed by atoms with Crippen LogP contribution in [0.15, 0.2) is 0 Å². The molecule has 0 amide bonds. The third kappa shape index (κ3) is 5.93. The van der Waals surface area contributed by atoms with Gasteiger partial charge in [0.25, 0.3) is 5.97 Å². The zero-order valence-electron chi connectivity index (χ0n) is 13.2. The second-order valence-corrected chi connectivity index (χ2v) is 6.44. The van der Waals surface area contributed by atoms with Gasteiger partial charge in [-0.1, -0.05) is 13.8 Å². The van der Waals surface area contributed by atoms with Gasteiger partial charge in [-0.05, 0) is 40.0 Å². The Bertz CT molecular complexity index is 285.